The van der Waals surface area contributed by atoms with E-state index >= 15 is 0 Å². The van der Waals surface area contributed by atoms with E-state index in [1.54, 1.807) is 6.20 Å². The van der Waals surface area contributed by atoms with E-state index in [4.69, 9.17) is 4.74 Å². The molecule has 2 heterocycles. The molecular formula is C11H14N4O2. The molecule has 0 radical (unpaired) electrons. The Balaban J connectivity index is 2.04. The number of pyridine rings is 1. The number of nitrogens with zero attached hydrogens (tertiary/aromatic N) is 3. The summed E-state index contributed by atoms with van der Waals surface area (Å²) in [7, 11) is 0. The molecule has 90 valence electrons. The smallest absolute Gasteiger partial charge is 0.213 e. The SMILES string of the molecule is CC(C)Oc1cccnc1NCc1ncon1. The van der Waals surface area contributed by atoms with Crippen molar-refractivity contribution < 1.29 is 9.26 Å². The van der Waals surface area contributed by atoms with E-state index in [2.05, 4.69) is 25.0 Å². The number of hydrogen-bond acceptors (Lipinski definition) is 6. The summed E-state index contributed by atoms with van der Waals surface area (Å²) in [6.45, 7) is 4.38. The van der Waals surface area contributed by atoms with Gasteiger partial charge < -0.3 is 14.6 Å². The summed E-state index contributed by atoms with van der Waals surface area (Å²) < 4.78 is 10.3. The first kappa shape index (κ1) is 11.4. The molecule has 0 saturated heterocycles. The minimum absolute atomic E-state index is 0.102. The van der Waals surface area contributed by atoms with Crippen LogP contribution in [0.3, 0.4) is 0 Å². The fraction of sp³-hybridized carbons (Fsp3) is 0.364. The zero-order valence-corrected chi connectivity index (χ0v) is 9.75. The van der Waals surface area contributed by atoms with Gasteiger partial charge in [-0.25, -0.2) is 4.98 Å². The Morgan fingerprint density at radius 3 is 3.00 bits per heavy atom. The van der Waals surface area contributed by atoms with E-state index in [-0.39, 0.29) is 6.10 Å². The highest BCUT2D eigenvalue weighted by Gasteiger charge is 2.07. The Kier molecular flexibility index (Phi) is 3.54. The Morgan fingerprint density at radius 2 is 2.29 bits per heavy atom. The number of hydrogen-bond donors (Lipinski definition) is 1. The highest BCUT2D eigenvalue weighted by atomic mass is 16.5. The molecule has 0 amide bonds. The first-order valence-corrected chi connectivity index (χ1v) is 5.36. The number of aromatic nitrogens is 3. The third kappa shape index (κ3) is 3.17. The lowest BCUT2D eigenvalue weighted by atomic mass is 10.4. The fourth-order valence-corrected chi connectivity index (χ4v) is 1.31. The van der Waals surface area contributed by atoms with Crippen molar-refractivity contribution >= 4 is 5.82 Å². The zero-order chi connectivity index (χ0) is 12.1. The Morgan fingerprint density at radius 1 is 1.41 bits per heavy atom. The molecule has 0 saturated carbocycles. The van der Waals surface area contributed by atoms with Crippen LogP contribution in [0.4, 0.5) is 5.82 Å². The molecular weight excluding hydrogens is 220 g/mol. The van der Waals surface area contributed by atoms with Crippen molar-refractivity contribution in [3.8, 4) is 5.75 Å². The van der Waals surface area contributed by atoms with E-state index in [0.717, 1.165) is 0 Å². The first-order chi connectivity index (χ1) is 8.25. The second kappa shape index (κ2) is 5.29. The van der Waals surface area contributed by atoms with Crippen LogP contribution in [0.15, 0.2) is 29.2 Å². The summed E-state index contributed by atoms with van der Waals surface area (Å²) in [5, 5.41) is 6.80. The van der Waals surface area contributed by atoms with Gasteiger partial charge in [0.2, 0.25) is 6.39 Å². The maximum absolute atomic E-state index is 5.63. The molecule has 1 N–H and O–H groups in total. The van der Waals surface area contributed by atoms with Gasteiger partial charge in [-0.05, 0) is 26.0 Å². The van der Waals surface area contributed by atoms with E-state index in [1.165, 1.54) is 6.39 Å². The van der Waals surface area contributed by atoms with Gasteiger partial charge >= 0.3 is 0 Å². The number of rotatable bonds is 5. The molecule has 0 atom stereocenters. The Hall–Kier alpha value is -2.11. The topological polar surface area (TPSA) is 73.1 Å². The summed E-state index contributed by atoms with van der Waals surface area (Å²) in [5.41, 5.74) is 0. The highest BCUT2D eigenvalue weighted by molar-refractivity contribution is 5.49. The van der Waals surface area contributed by atoms with Crippen molar-refractivity contribution in [1.82, 2.24) is 15.1 Å². The van der Waals surface area contributed by atoms with E-state index < -0.39 is 0 Å². The van der Waals surface area contributed by atoms with E-state index in [0.29, 0.717) is 23.9 Å². The predicted molar refractivity (Wildman–Crippen MR) is 61.6 cm³/mol. The van der Waals surface area contributed by atoms with Crippen LogP contribution in [-0.2, 0) is 6.54 Å². The molecule has 0 fully saturated rings. The lowest BCUT2D eigenvalue weighted by Crippen LogP contribution is -2.10. The molecule has 2 aromatic heterocycles. The summed E-state index contributed by atoms with van der Waals surface area (Å²) in [4.78, 5) is 8.12. The van der Waals surface area contributed by atoms with Crippen LogP contribution in [0, 0.1) is 0 Å². The average Bonchev–Trinajstić information content (AvgIpc) is 2.80. The molecule has 0 bridgehead atoms. The molecule has 0 unspecified atom stereocenters. The second-order valence-corrected chi connectivity index (χ2v) is 3.72. The van der Waals surface area contributed by atoms with Crippen LogP contribution in [0.1, 0.15) is 19.7 Å². The first-order valence-electron chi connectivity index (χ1n) is 5.36. The molecule has 6 nitrogen and oxygen atoms in total. The van der Waals surface area contributed by atoms with Crippen LogP contribution in [0.5, 0.6) is 5.75 Å². The van der Waals surface area contributed by atoms with Crippen molar-refractivity contribution in [2.45, 2.75) is 26.5 Å². The lowest BCUT2D eigenvalue weighted by Gasteiger charge is -2.13. The average molecular weight is 234 g/mol. The largest absolute Gasteiger partial charge is 0.487 e. The van der Waals surface area contributed by atoms with E-state index in [9.17, 15) is 0 Å². The molecule has 0 aromatic carbocycles. The molecule has 0 aliphatic heterocycles. The molecule has 2 aromatic rings. The van der Waals surface area contributed by atoms with Crippen molar-refractivity contribution in [3.63, 3.8) is 0 Å². The summed E-state index contributed by atoms with van der Waals surface area (Å²) in [6, 6.07) is 3.70. The second-order valence-electron chi connectivity index (χ2n) is 3.72. The molecule has 2 rings (SSSR count). The predicted octanol–water partition coefficient (Wildman–Crippen LogP) is 1.86. The lowest BCUT2D eigenvalue weighted by molar-refractivity contribution is 0.243. The molecule has 0 spiro atoms. The van der Waals surface area contributed by atoms with Crippen LogP contribution in [0.25, 0.3) is 0 Å². The van der Waals surface area contributed by atoms with Gasteiger partial charge in [0.15, 0.2) is 17.4 Å². The van der Waals surface area contributed by atoms with Gasteiger partial charge in [-0.2, -0.15) is 4.98 Å². The van der Waals surface area contributed by atoms with Crippen molar-refractivity contribution in [2.75, 3.05) is 5.32 Å². The van der Waals surface area contributed by atoms with Crippen LogP contribution in [0.2, 0.25) is 0 Å². The Bertz CT molecular complexity index is 456. The van der Waals surface area contributed by atoms with Crippen molar-refractivity contribution in [1.29, 1.82) is 0 Å². The van der Waals surface area contributed by atoms with Gasteiger partial charge in [0.05, 0.1) is 12.6 Å². The van der Waals surface area contributed by atoms with Crippen LogP contribution >= 0.6 is 0 Å². The number of nitrogens with one attached hydrogen (secondary N) is 1. The molecule has 0 aliphatic carbocycles. The number of anilines is 1. The van der Waals surface area contributed by atoms with Gasteiger partial charge in [0, 0.05) is 6.20 Å². The molecule has 0 aliphatic rings. The van der Waals surface area contributed by atoms with Crippen molar-refractivity contribution in [3.05, 3.63) is 30.5 Å². The van der Waals surface area contributed by atoms with Gasteiger partial charge in [-0.3, -0.25) is 0 Å². The maximum Gasteiger partial charge on any atom is 0.213 e. The molecule has 17 heavy (non-hydrogen) atoms. The van der Waals surface area contributed by atoms with E-state index in [1.807, 2.05) is 26.0 Å². The number of ether oxygens (including phenoxy) is 1. The van der Waals surface area contributed by atoms with Crippen LogP contribution in [-0.4, -0.2) is 21.2 Å². The van der Waals surface area contributed by atoms with Gasteiger partial charge in [0.1, 0.15) is 0 Å². The molecule has 6 heteroatoms. The summed E-state index contributed by atoms with van der Waals surface area (Å²) >= 11 is 0. The maximum atomic E-state index is 5.63. The van der Waals surface area contributed by atoms with Gasteiger partial charge in [-0.15, -0.1) is 0 Å². The van der Waals surface area contributed by atoms with Gasteiger partial charge in [-0.1, -0.05) is 5.16 Å². The van der Waals surface area contributed by atoms with Gasteiger partial charge in [0.25, 0.3) is 0 Å². The minimum Gasteiger partial charge on any atom is -0.487 e. The van der Waals surface area contributed by atoms with Crippen LogP contribution < -0.4 is 10.1 Å². The highest BCUT2D eigenvalue weighted by Crippen LogP contribution is 2.22. The minimum atomic E-state index is 0.102. The Labute approximate surface area is 99.0 Å². The standard InChI is InChI=1S/C11H14N4O2/c1-8(2)17-9-4-3-5-12-11(9)13-6-10-14-7-16-15-10/h3-5,7-8H,6H2,1-2H3,(H,12,13). The third-order valence-electron chi connectivity index (χ3n) is 1.95. The quantitative estimate of drug-likeness (QED) is 0.851. The summed E-state index contributed by atoms with van der Waals surface area (Å²) in [6.07, 6.45) is 3.09. The summed E-state index contributed by atoms with van der Waals surface area (Å²) in [5.74, 6) is 1.96. The zero-order valence-electron chi connectivity index (χ0n) is 9.75. The monoisotopic (exact) mass is 234 g/mol. The van der Waals surface area contributed by atoms with Crippen molar-refractivity contribution in [2.24, 2.45) is 0 Å². The fourth-order valence-electron chi connectivity index (χ4n) is 1.31. The normalized spacial score (nSPS) is 10.5. The third-order valence-corrected chi connectivity index (χ3v) is 1.95.